The van der Waals surface area contributed by atoms with Crippen LogP contribution in [0.3, 0.4) is 0 Å². The molecule has 0 saturated carbocycles. The van der Waals surface area contributed by atoms with Crippen molar-refractivity contribution in [2.75, 3.05) is 25.0 Å². The van der Waals surface area contributed by atoms with E-state index < -0.39 is 6.03 Å². The molecular weight excluding hydrogens is 418 g/mol. The van der Waals surface area contributed by atoms with Gasteiger partial charge in [0.2, 0.25) is 0 Å². The Morgan fingerprint density at radius 2 is 1.75 bits per heavy atom. The number of primary amides is 1. The number of aryl methyl sites for hydroxylation is 1. The Balaban J connectivity index is 0.00000392. The summed E-state index contributed by atoms with van der Waals surface area (Å²) in [7, 11) is 0. The summed E-state index contributed by atoms with van der Waals surface area (Å²) in [4.78, 5) is 13.5. The van der Waals surface area contributed by atoms with Gasteiger partial charge >= 0.3 is 6.03 Å². The fourth-order valence-corrected chi connectivity index (χ4v) is 3.22. The van der Waals surface area contributed by atoms with E-state index in [-0.39, 0.29) is 22.7 Å². The largest absolute Gasteiger partial charge is 0.506 e. The molecule has 0 aliphatic carbocycles. The van der Waals surface area contributed by atoms with E-state index in [0.29, 0.717) is 5.69 Å². The van der Waals surface area contributed by atoms with Crippen molar-refractivity contribution in [1.82, 2.24) is 4.90 Å². The Kier molecular flexibility index (Phi) is 11.3. The Bertz CT molecular complexity index is 710. The molecule has 0 fully saturated rings. The van der Waals surface area contributed by atoms with Crippen molar-refractivity contribution < 1.29 is 9.90 Å². The number of hydrogen-bond donors (Lipinski definition) is 3. The first-order valence-electron chi connectivity index (χ1n) is 9.73. The van der Waals surface area contributed by atoms with Gasteiger partial charge in [-0.15, -0.1) is 17.0 Å². The summed E-state index contributed by atoms with van der Waals surface area (Å²) in [6, 6.07) is 15.2. The number of aromatic hydroxyl groups is 1. The van der Waals surface area contributed by atoms with Crippen LogP contribution in [-0.2, 0) is 12.8 Å². The highest BCUT2D eigenvalue weighted by Crippen LogP contribution is 2.24. The van der Waals surface area contributed by atoms with Gasteiger partial charge in [0, 0.05) is 6.54 Å². The van der Waals surface area contributed by atoms with Crippen LogP contribution in [0, 0.1) is 0 Å². The lowest BCUT2D eigenvalue weighted by molar-refractivity contribution is 0.259. The maximum absolute atomic E-state index is 11.0. The van der Waals surface area contributed by atoms with Crippen molar-refractivity contribution in [2.45, 2.75) is 39.0 Å². The van der Waals surface area contributed by atoms with Crippen molar-refractivity contribution in [3.05, 3.63) is 59.7 Å². The van der Waals surface area contributed by atoms with Gasteiger partial charge in [-0.05, 0) is 68.5 Å². The van der Waals surface area contributed by atoms with Crippen molar-refractivity contribution in [1.29, 1.82) is 0 Å². The highest BCUT2D eigenvalue weighted by Gasteiger charge is 2.08. The van der Waals surface area contributed by atoms with Crippen LogP contribution in [0.5, 0.6) is 5.75 Å². The molecule has 0 aliphatic heterocycles. The number of rotatable bonds is 11. The summed E-state index contributed by atoms with van der Waals surface area (Å²) in [5.74, 6) is 0.0314. The maximum atomic E-state index is 11.0. The average Bonchev–Trinajstić information content (AvgIpc) is 2.66. The van der Waals surface area contributed by atoms with E-state index in [9.17, 15) is 9.90 Å². The highest BCUT2D eigenvalue weighted by atomic mass is 79.9. The van der Waals surface area contributed by atoms with Gasteiger partial charge in [-0.2, -0.15) is 0 Å². The second-order valence-corrected chi connectivity index (χ2v) is 6.88. The molecule has 0 radical (unpaired) electrons. The standard InChI is InChI=1S/C22H31N3O2.BrH/c1-2-14-25(15-7-6-10-18-8-4-3-5-9-18)16-13-19-11-12-21(26)20(17-19)24-22(23)27;/h3-5,8-9,11-12,17,26H,2,6-7,10,13-16H2,1H3,(H3,23,24,27);1H. The van der Waals surface area contributed by atoms with Crippen molar-refractivity contribution in [2.24, 2.45) is 5.73 Å². The van der Waals surface area contributed by atoms with E-state index in [4.69, 9.17) is 5.73 Å². The molecule has 0 aliphatic rings. The zero-order chi connectivity index (χ0) is 19.5. The van der Waals surface area contributed by atoms with Gasteiger partial charge in [-0.25, -0.2) is 4.79 Å². The van der Waals surface area contributed by atoms with Crippen LogP contribution >= 0.6 is 17.0 Å². The molecule has 28 heavy (non-hydrogen) atoms. The van der Waals surface area contributed by atoms with Gasteiger partial charge in [0.25, 0.3) is 0 Å². The molecule has 5 nitrogen and oxygen atoms in total. The van der Waals surface area contributed by atoms with Crippen molar-refractivity contribution >= 4 is 28.7 Å². The van der Waals surface area contributed by atoms with Crippen LogP contribution in [0.15, 0.2) is 48.5 Å². The number of urea groups is 1. The predicted molar refractivity (Wildman–Crippen MR) is 121 cm³/mol. The monoisotopic (exact) mass is 449 g/mol. The quantitative estimate of drug-likeness (QED) is 0.342. The molecule has 0 unspecified atom stereocenters. The van der Waals surface area contributed by atoms with E-state index >= 15 is 0 Å². The molecule has 154 valence electrons. The van der Waals surface area contributed by atoms with Gasteiger partial charge in [0.05, 0.1) is 5.69 Å². The zero-order valence-corrected chi connectivity index (χ0v) is 18.3. The van der Waals surface area contributed by atoms with Crippen LogP contribution < -0.4 is 11.1 Å². The zero-order valence-electron chi connectivity index (χ0n) is 16.6. The number of benzene rings is 2. The molecule has 2 aromatic rings. The second-order valence-electron chi connectivity index (χ2n) is 6.88. The number of halogens is 1. The Morgan fingerprint density at radius 3 is 2.43 bits per heavy atom. The topological polar surface area (TPSA) is 78.6 Å². The summed E-state index contributed by atoms with van der Waals surface area (Å²) in [5, 5.41) is 12.3. The molecule has 0 atom stereocenters. The lowest BCUT2D eigenvalue weighted by Gasteiger charge is -2.22. The number of nitrogens with one attached hydrogen (secondary N) is 1. The van der Waals surface area contributed by atoms with Crippen molar-refractivity contribution in [3.63, 3.8) is 0 Å². The van der Waals surface area contributed by atoms with Gasteiger partial charge < -0.3 is 21.1 Å². The van der Waals surface area contributed by atoms with Crippen LogP contribution in [-0.4, -0.2) is 35.7 Å². The molecule has 2 rings (SSSR count). The van der Waals surface area contributed by atoms with Crippen LogP contribution in [0.2, 0.25) is 0 Å². The SMILES string of the molecule is Br.CCCN(CCCCc1ccccc1)CCc1ccc(O)c(NC(N)=O)c1. The average molecular weight is 450 g/mol. The summed E-state index contributed by atoms with van der Waals surface area (Å²) >= 11 is 0. The molecule has 0 saturated heterocycles. The first-order chi connectivity index (χ1) is 13.1. The number of carbonyl (C=O) groups excluding carboxylic acids is 1. The first-order valence-corrected chi connectivity index (χ1v) is 9.73. The maximum Gasteiger partial charge on any atom is 0.316 e. The van der Waals surface area contributed by atoms with E-state index in [1.54, 1.807) is 12.1 Å². The van der Waals surface area contributed by atoms with E-state index in [1.807, 2.05) is 6.07 Å². The third kappa shape index (κ3) is 8.76. The number of unbranched alkanes of at least 4 members (excludes halogenated alkanes) is 1. The number of phenols is 1. The number of hydrogen-bond acceptors (Lipinski definition) is 3. The smallest absolute Gasteiger partial charge is 0.316 e. The number of amides is 2. The van der Waals surface area contributed by atoms with Gasteiger partial charge in [-0.3, -0.25) is 0 Å². The van der Waals surface area contributed by atoms with E-state index in [1.165, 1.54) is 18.4 Å². The van der Waals surface area contributed by atoms with Gasteiger partial charge in [-0.1, -0.05) is 43.3 Å². The predicted octanol–water partition coefficient (Wildman–Crippen LogP) is 4.74. The van der Waals surface area contributed by atoms with Gasteiger partial charge in [0.15, 0.2) is 0 Å². The van der Waals surface area contributed by atoms with Crippen LogP contribution in [0.25, 0.3) is 0 Å². The second kappa shape index (κ2) is 13.2. The number of carbonyl (C=O) groups is 1. The number of nitrogens with two attached hydrogens (primary N) is 1. The molecule has 0 spiro atoms. The molecule has 0 aromatic heterocycles. The van der Waals surface area contributed by atoms with Crippen molar-refractivity contribution in [3.8, 4) is 5.75 Å². The Labute approximate surface area is 178 Å². The third-order valence-electron chi connectivity index (χ3n) is 4.61. The Morgan fingerprint density at radius 1 is 1.00 bits per heavy atom. The van der Waals surface area contributed by atoms with E-state index in [2.05, 4.69) is 47.5 Å². The lowest BCUT2D eigenvalue weighted by Crippen LogP contribution is -2.28. The molecule has 0 heterocycles. The number of anilines is 1. The van der Waals surface area contributed by atoms with Crippen LogP contribution in [0.4, 0.5) is 10.5 Å². The lowest BCUT2D eigenvalue weighted by atomic mass is 10.1. The molecular formula is C22H32BrN3O2. The third-order valence-corrected chi connectivity index (χ3v) is 4.61. The summed E-state index contributed by atoms with van der Waals surface area (Å²) in [6.07, 6.45) is 5.49. The number of nitrogens with zero attached hydrogens (tertiary/aromatic N) is 1. The minimum atomic E-state index is -0.673. The Hall–Kier alpha value is -2.05. The van der Waals surface area contributed by atoms with E-state index in [0.717, 1.165) is 44.5 Å². The summed E-state index contributed by atoms with van der Waals surface area (Å²) in [6.45, 7) is 5.33. The minimum absolute atomic E-state index is 0. The first kappa shape index (κ1) is 24.0. The van der Waals surface area contributed by atoms with Gasteiger partial charge in [0.1, 0.15) is 5.75 Å². The highest BCUT2D eigenvalue weighted by molar-refractivity contribution is 8.93. The fraction of sp³-hybridized carbons (Fsp3) is 0.409. The molecule has 2 amide bonds. The fourth-order valence-electron chi connectivity index (χ4n) is 3.22. The normalized spacial score (nSPS) is 10.5. The number of phenolic OH excluding ortho intramolecular Hbond substituents is 1. The summed E-state index contributed by atoms with van der Waals surface area (Å²) < 4.78 is 0. The molecule has 0 bridgehead atoms. The molecule has 6 heteroatoms. The molecule has 4 N–H and O–H groups in total. The van der Waals surface area contributed by atoms with Crippen LogP contribution in [0.1, 0.15) is 37.3 Å². The molecule has 2 aromatic carbocycles. The summed E-state index contributed by atoms with van der Waals surface area (Å²) in [5.41, 5.74) is 7.98. The minimum Gasteiger partial charge on any atom is -0.506 e.